The van der Waals surface area contributed by atoms with Gasteiger partial charge in [0.05, 0.1) is 6.54 Å². The first-order chi connectivity index (χ1) is 13.0. The molecular weight excluding hydrogens is 372 g/mol. The Bertz CT molecular complexity index is 808. The molecule has 4 rings (SSSR count). The fraction of sp³-hybridized carbons (Fsp3) is 0.588. The van der Waals surface area contributed by atoms with E-state index in [1.165, 1.54) is 4.31 Å². The Morgan fingerprint density at radius 2 is 1.85 bits per heavy atom. The smallest absolute Gasteiger partial charge is 0.279 e. The van der Waals surface area contributed by atoms with Crippen LogP contribution in [0.4, 0.5) is 0 Å². The highest BCUT2D eigenvalue weighted by atomic mass is 32.2. The molecular formula is C17H24N4O5S. The molecule has 1 aromatic carbocycles. The zero-order valence-corrected chi connectivity index (χ0v) is 15.9. The molecule has 0 aromatic heterocycles. The summed E-state index contributed by atoms with van der Waals surface area (Å²) in [5.41, 5.74) is 1.14. The number of nitrogens with zero attached hydrogens (tertiary/aromatic N) is 3. The molecule has 9 nitrogen and oxygen atoms in total. The number of nitrogens with one attached hydrogen (secondary N) is 1. The van der Waals surface area contributed by atoms with Crippen LogP contribution in [0, 0.1) is 0 Å². The first-order valence-corrected chi connectivity index (χ1v) is 10.6. The lowest BCUT2D eigenvalue weighted by Crippen LogP contribution is -2.54. The van der Waals surface area contributed by atoms with Crippen molar-refractivity contribution in [2.75, 3.05) is 52.6 Å². The van der Waals surface area contributed by atoms with Gasteiger partial charge in [-0.25, -0.2) is 4.72 Å². The predicted octanol–water partition coefficient (Wildman–Crippen LogP) is -0.400. The van der Waals surface area contributed by atoms with Gasteiger partial charge >= 0.3 is 0 Å². The van der Waals surface area contributed by atoms with E-state index in [-0.39, 0.29) is 19.2 Å². The van der Waals surface area contributed by atoms with Gasteiger partial charge in [-0.3, -0.25) is 9.69 Å². The highest BCUT2D eigenvalue weighted by molar-refractivity contribution is 7.87. The molecule has 0 bridgehead atoms. The Morgan fingerprint density at radius 3 is 2.63 bits per heavy atom. The lowest BCUT2D eigenvalue weighted by atomic mass is 10.1. The van der Waals surface area contributed by atoms with Gasteiger partial charge in [0.2, 0.25) is 12.7 Å². The predicted molar refractivity (Wildman–Crippen MR) is 97.5 cm³/mol. The van der Waals surface area contributed by atoms with Crippen LogP contribution in [0.25, 0.3) is 0 Å². The van der Waals surface area contributed by atoms with Gasteiger partial charge < -0.3 is 14.4 Å². The lowest BCUT2D eigenvalue weighted by molar-refractivity contribution is -0.133. The standard InChI is InChI=1S/C17H24N4O5S/c22-17(12-21-5-1-4-18-27(21,23)24)20-8-6-19(7-9-20)11-14-2-3-15-16(10-14)26-13-25-15/h2-3,10,18H,1,4-9,11-13H2. The summed E-state index contributed by atoms with van der Waals surface area (Å²) in [6.45, 7) is 4.50. The molecule has 27 heavy (non-hydrogen) atoms. The first-order valence-electron chi connectivity index (χ1n) is 9.15. The molecule has 1 N–H and O–H groups in total. The van der Waals surface area contributed by atoms with Crippen LogP contribution < -0.4 is 14.2 Å². The highest BCUT2D eigenvalue weighted by Crippen LogP contribution is 2.32. The number of carbonyl (C=O) groups is 1. The average molecular weight is 396 g/mol. The van der Waals surface area contributed by atoms with Gasteiger partial charge in [0.25, 0.3) is 10.2 Å². The SMILES string of the molecule is O=C(CN1CCCNS1(=O)=O)N1CCN(Cc2ccc3c(c2)OCO3)CC1. The minimum atomic E-state index is -3.51. The third-order valence-corrected chi connectivity index (χ3v) is 6.65. The Hall–Kier alpha value is -1.88. The van der Waals surface area contributed by atoms with E-state index in [1.54, 1.807) is 4.90 Å². The molecule has 148 valence electrons. The maximum atomic E-state index is 12.5. The van der Waals surface area contributed by atoms with Crippen LogP contribution in [-0.2, 0) is 21.5 Å². The monoisotopic (exact) mass is 396 g/mol. The van der Waals surface area contributed by atoms with Crippen LogP contribution in [0.5, 0.6) is 11.5 Å². The Balaban J connectivity index is 1.28. The lowest BCUT2D eigenvalue weighted by Gasteiger charge is -2.36. The van der Waals surface area contributed by atoms with Crippen LogP contribution in [-0.4, -0.2) is 81.0 Å². The second-order valence-corrected chi connectivity index (χ2v) is 8.69. The molecule has 0 spiro atoms. The molecule has 0 aliphatic carbocycles. The number of ether oxygens (including phenoxy) is 2. The molecule has 0 saturated carbocycles. The van der Waals surface area contributed by atoms with Crippen molar-refractivity contribution in [1.29, 1.82) is 0 Å². The van der Waals surface area contributed by atoms with Crippen molar-refractivity contribution < 1.29 is 22.7 Å². The zero-order valence-electron chi connectivity index (χ0n) is 15.1. The van der Waals surface area contributed by atoms with Crippen LogP contribution in [0.3, 0.4) is 0 Å². The van der Waals surface area contributed by atoms with Gasteiger partial charge in [0.15, 0.2) is 11.5 Å². The molecule has 3 aliphatic rings. The van der Waals surface area contributed by atoms with Crippen molar-refractivity contribution in [3.8, 4) is 11.5 Å². The number of carbonyl (C=O) groups excluding carboxylic acids is 1. The minimum absolute atomic E-state index is 0.0858. The molecule has 2 fully saturated rings. The van der Waals surface area contributed by atoms with Crippen molar-refractivity contribution in [2.24, 2.45) is 0 Å². The highest BCUT2D eigenvalue weighted by Gasteiger charge is 2.30. The largest absolute Gasteiger partial charge is 0.454 e. The number of piperazine rings is 1. The third-order valence-electron chi connectivity index (χ3n) is 5.09. The van der Waals surface area contributed by atoms with E-state index in [0.29, 0.717) is 26.2 Å². The number of hydrogen-bond donors (Lipinski definition) is 1. The Morgan fingerprint density at radius 1 is 1.07 bits per heavy atom. The minimum Gasteiger partial charge on any atom is -0.454 e. The molecule has 2 saturated heterocycles. The number of amides is 1. The van der Waals surface area contributed by atoms with Crippen molar-refractivity contribution in [1.82, 2.24) is 18.8 Å². The van der Waals surface area contributed by atoms with Gasteiger partial charge in [0, 0.05) is 45.8 Å². The number of rotatable bonds is 4. The second kappa shape index (κ2) is 7.63. The summed E-state index contributed by atoms with van der Waals surface area (Å²) in [5.74, 6) is 1.42. The van der Waals surface area contributed by atoms with Gasteiger partial charge in [-0.05, 0) is 24.1 Å². The van der Waals surface area contributed by atoms with E-state index in [1.807, 2.05) is 18.2 Å². The van der Waals surface area contributed by atoms with E-state index in [2.05, 4.69) is 9.62 Å². The topological polar surface area (TPSA) is 91.4 Å². The molecule has 0 atom stereocenters. The Labute approximate surface area is 159 Å². The molecule has 3 heterocycles. The summed E-state index contributed by atoms with van der Waals surface area (Å²) < 4.78 is 38.4. The second-order valence-electron chi connectivity index (χ2n) is 6.93. The zero-order chi connectivity index (χ0) is 18.9. The normalized spacial score (nSPS) is 22.7. The molecule has 10 heteroatoms. The quantitative estimate of drug-likeness (QED) is 0.745. The van der Waals surface area contributed by atoms with E-state index >= 15 is 0 Å². The van der Waals surface area contributed by atoms with Gasteiger partial charge in [-0.2, -0.15) is 12.7 Å². The maximum absolute atomic E-state index is 12.5. The number of fused-ring (bicyclic) bond motifs is 1. The van der Waals surface area contributed by atoms with Crippen molar-refractivity contribution >= 4 is 16.1 Å². The number of benzene rings is 1. The van der Waals surface area contributed by atoms with E-state index in [0.717, 1.165) is 43.1 Å². The van der Waals surface area contributed by atoms with E-state index < -0.39 is 10.2 Å². The van der Waals surface area contributed by atoms with E-state index in [9.17, 15) is 13.2 Å². The molecule has 1 aromatic rings. The van der Waals surface area contributed by atoms with Crippen LogP contribution in [0.1, 0.15) is 12.0 Å². The number of hydrogen-bond acceptors (Lipinski definition) is 6. The molecule has 0 unspecified atom stereocenters. The van der Waals surface area contributed by atoms with Gasteiger partial charge in [0.1, 0.15) is 0 Å². The first kappa shape index (κ1) is 18.5. The van der Waals surface area contributed by atoms with Crippen LogP contribution >= 0.6 is 0 Å². The summed E-state index contributed by atoms with van der Waals surface area (Å²) in [5, 5.41) is 0. The summed E-state index contributed by atoms with van der Waals surface area (Å²) in [6.07, 6.45) is 0.718. The molecule has 1 amide bonds. The van der Waals surface area contributed by atoms with Crippen LogP contribution in [0.2, 0.25) is 0 Å². The molecule has 3 aliphatic heterocycles. The van der Waals surface area contributed by atoms with Crippen LogP contribution in [0.15, 0.2) is 18.2 Å². The van der Waals surface area contributed by atoms with E-state index in [4.69, 9.17) is 9.47 Å². The summed E-state index contributed by atoms with van der Waals surface area (Å²) in [6, 6.07) is 5.94. The summed E-state index contributed by atoms with van der Waals surface area (Å²) in [4.78, 5) is 16.5. The maximum Gasteiger partial charge on any atom is 0.279 e. The molecule has 0 radical (unpaired) electrons. The third kappa shape index (κ3) is 4.18. The fourth-order valence-corrected chi connectivity index (χ4v) is 4.77. The summed E-state index contributed by atoms with van der Waals surface area (Å²) in [7, 11) is -3.51. The van der Waals surface area contributed by atoms with Crippen molar-refractivity contribution in [2.45, 2.75) is 13.0 Å². The van der Waals surface area contributed by atoms with Crippen molar-refractivity contribution in [3.05, 3.63) is 23.8 Å². The Kier molecular flexibility index (Phi) is 5.22. The average Bonchev–Trinajstić information content (AvgIpc) is 3.12. The van der Waals surface area contributed by atoms with Crippen molar-refractivity contribution in [3.63, 3.8) is 0 Å². The fourth-order valence-electron chi connectivity index (χ4n) is 3.54. The summed E-state index contributed by atoms with van der Waals surface area (Å²) >= 11 is 0. The van der Waals surface area contributed by atoms with Gasteiger partial charge in [-0.1, -0.05) is 6.07 Å². The van der Waals surface area contributed by atoms with Gasteiger partial charge in [-0.15, -0.1) is 0 Å².